The first kappa shape index (κ1) is 26.5. The maximum atomic E-state index is 14.1. The number of para-hydroxylation sites is 1. The number of fused-ring (bicyclic) bond motifs is 1. The van der Waals surface area contributed by atoms with Crippen LogP contribution in [-0.2, 0) is 14.4 Å². The lowest BCUT2D eigenvalue weighted by Crippen LogP contribution is -2.56. The lowest BCUT2D eigenvalue weighted by molar-refractivity contribution is -0.143. The SMILES string of the molecule is C=CCN(C(=O)[C@@H]1[C@@H]2CCC3(S2)C(C(=O)N(CC=C)C(C)C)N(CCCO)C(=O)[C@H]13)c1ccccc1. The van der Waals surface area contributed by atoms with Gasteiger partial charge in [0.2, 0.25) is 17.7 Å². The first-order valence-corrected chi connectivity index (χ1v) is 13.7. The summed E-state index contributed by atoms with van der Waals surface area (Å²) >= 11 is 1.67. The first-order valence-electron chi connectivity index (χ1n) is 12.8. The molecule has 7 nitrogen and oxygen atoms in total. The topological polar surface area (TPSA) is 81.2 Å². The average Bonchev–Trinajstić information content (AvgIpc) is 3.51. The molecule has 2 bridgehead atoms. The van der Waals surface area contributed by atoms with Gasteiger partial charge in [-0.15, -0.1) is 24.9 Å². The number of thioether (sulfide) groups is 1. The number of amides is 3. The van der Waals surface area contributed by atoms with Gasteiger partial charge in [-0.2, -0.15) is 0 Å². The minimum atomic E-state index is -0.652. The van der Waals surface area contributed by atoms with Crippen LogP contribution >= 0.6 is 11.8 Å². The number of carbonyl (C=O) groups excluding carboxylic acids is 3. The van der Waals surface area contributed by atoms with Gasteiger partial charge in [-0.25, -0.2) is 0 Å². The summed E-state index contributed by atoms with van der Waals surface area (Å²) in [5, 5.41) is 9.52. The van der Waals surface area contributed by atoms with E-state index < -0.39 is 22.6 Å². The van der Waals surface area contributed by atoms with E-state index in [-0.39, 0.29) is 35.6 Å². The zero-order valence-corrected chi connectivity index (χ0v) is 22.0. The highest BCUT2D eigenvalue weighted by Crippen LogP contribution is 2.66. The average molecular weight is 512 g/mol. The van der Waals surface area contributed by atoms with Gasteiger partial charge >= 0.3 is 0 Å². The Bertz CT molecular complexity index is 1020. The van der Waals surface area contributed by atoms with Crippen molar-refractivity contribution in [1.82, 2.24) is 9.80 Å². The molecule has 3 amide bonds. The van der Waals surface area contributed by atoms with E-state index in [4.69, 9.17) is 0 Å². The third kappa shape index (κ3) is 4.28. The van der Waals surface area contributed by atoms with Crippen molar-refractivity contribution >= 4 is 35.2 Å². The lowest BCUT2D eigenvalue weighted by Gasteiger charge is -2.38. The Morgan fingerprint density at radius 3 is 2.50 bits per heavy atom. The molecule has 0 saturated carbocycles. The molecular weight excluding hydrogens is 474 g/mol. The Balaban J connectivity index is 1.74. The highest BCUT2D eigenvalue weighted by molar-refractivity contribution is 8.02. The summed E-state index contributed by atoms with van der Waals surface area (Å²) < 4.78 is -0.639. The molecule has 3 aliphatic heterocycles. The number of nitrogens with zero attached hydrogens (tertiary/aromatic N) is 3. The normalized spacial score (nSPS) is 28.3. The summed E-state index contributed by atoms with van der Waals surface area (Å²) in [4.78, 5) is 47.3. The Morgan fingerprint density at radius 1 is 1.19 bits per heavy atom. The maximum Gasteiger partial charge on any atom is 0.247 e. The van der Waals surface area contributed by atoms with Gasteiger partial charge in [-0.3, -0.25) is 14.4 Å². The van der Waals surface area contributed by atoms with E-state index >= 15 is 0 Å². The van der Waals surface area contributed by atoms with E-state index in [2.05, 4.69) is 13.2 Å². The van der Waals surface area contributed by atoms with Crippen LogP contribution in [0.4, 0.5) is 5.69 Å². The van der Waals surface area contributed by atoms with Crippen LogP contribution in [0, 0.1) is 11.8 Å². The smallest absolute Gasteiger partial charge is 0.247 e. The Morgan fingerprint density at radius 2 is 1.89 bits per heavy atom. The van der Waals surface area contributed by atoms with Crippen LogP contribution < -0.4 is 4.90 Å². The molecule has 8 heteroatoms. The monoisotopic (exact) mass is 511 g/mol. The minimum absolute atomic E-state index is 0.00956. The maximum absolute atomic E-state index is 14.1. The fourth-order valence-electron chi connectivity index (χ4n) is 6.29. The van der Waals surface area contributed by atoms with E-state index in [0.29, 0.717) is 26.1 Å². The molecule has 1 spiro atoms. The second-order valence-electron chi connectivity index (χ2n) is 10.1. The summed E-state index contributed by atoms with van der Waals surface area (Å²) in [7, 11) is 0. The second kappa shape index (κ2) is 10.8. The van der Waals surface area contributed by atoms with Gasteiger partial charge in [0.05, 0.1) is 16.6 Å². The summed E-state index contributed by atoms with van der Waals surface area (Å²) in [6.07, 6.45) is 5.32. The van der Waals surface area contributed by atoms with Crippen molar-refractivity contribution in [2.45, 2.75) is 55.2 Å². The van der Waals surface area contributed by atoms with E-state index in [1.54, 1.807) is 38.6 Å². The molecule has 0 aromatic heterocycles. The van der Waals surface area contributed by atoms with Crippen molar-refractivity contribution in [1.29, 1.82) is 0 Å². The zero-order valence-electron chi connectivity index (χ0n) is 21.2. The standard InChI is InChI=1S/C28H37N3O4S/c1-5-15-29(19(3)4)27(35)24-28-14-13-21(36-28)22(23(28)26(34)31(24)17-10-18-32)25(33)30(16-6-2)20-11-8-7-9-12-20/h5-9,11-12,19,21-24,32H,1-2,10,13-18H2,3-4H3/t21-,22+,23-,24?,28?/m0/s1. The van der Waals surface area contributed by atoms with E-state index in [1.807, 2.05) is 44.2 Å². The first-order chi connectivity index (χ1) is 17.3. The molecule has 1 aromatic rings. The predicted molar refractivity (Wildman–Crippen MR) is 144 cm³/mol. The largest absolute Gasteiger partial charge is 0.396 e. The molecule has 194 valence electrons. The van der Waals surface area contributed by atoms with Crippen LogP contribution in [-0.4, -0.2) is 80.9 Å². The molecule has 3 heterocycles. The molecule has 1 N–H and O–H groups in total. The Labute approximate surface area is 218 Å². The molecule has 3 saturated heterocycles. The number of anilines is 1. The number of hydrogen-bond donors (Lipinski definition) is 1. The predicted octanol–water partition coefficient (Wildman–Crippen LogP) is 3.10. The van der Waals surface area contributed by atoms with Gasteiger partial charge in [0.15, 0.2) is 0 Å². The molecule has 2 unspecified atom stereocenters. The van der Waals surface area contributed by atoms with Crippen LogP contribution in [0.25, 0.3) is 0 Å². The fourth-order valence-corrected chi connectivity index (χ4v) is 8.49. The molecule has 3 aliphatic rings. The molecular formula is C28H37N3O4S. The van der Waals surface area contributed by atoms with Crippen LogP contribution in [0.1, 0.15) is 33.1 Å². The Hall–Kier alpha value is -2.58. The molecule has 36 heavy (non-hydrogen) atoms. The Kier molecular flexibility index (Phi) is 7.95. The van der Waals surface area contributed by atoms with Crippen LogP contribution in [0.15, 0.2) is 55.6 Å². The number of benzene rings is 1. The highest BCUT2D eigenvalue weighted by Gasteiger charge is 2.74. The van der Waals surface area contributed by atoms with Crippen LogP contribution in [0.2, 0.25) is 0 Å². The van der Waals surface area contributed by atoms with Gasteiger partial charge in [0, 0.05) is 43.2 Å². The van der Waals surface area contributed by atoms with E-state index in [1.165, 1.54) is 0 Å². The van der Waals surface area contributed by atoms with E-state index in [0.717, 1.165) is 18.5 Å². The van der Waals surface area contributed by atoms with Crippen molar-refractivity contribution in [2.75, 3.05) is 31.1 Å². The lowest BCUT2D eigenvalue weighted by atomic mass is 9.70. The number of likely N-dealkylation sites (tertiary alicyclic amines) is 1. The van der Waals surface area contributed by atoms with Crippen molar-refractivity contribution in [3.63, 3.8) is 0 Å². The van der Waals surface area contributed by atoms with Crippen molar-refractivity contribution < 1.29 is 19.5 Å². The summed E-state index contributed by atoms with van der Waals surface area (Å²) in [6.45, 7) is 12.6. The number of aliphatic hydroxyl groups excluding tert-OH is 1. The quantitative estimate of drug-likeness (QED) is 0.462. The van der Waals surface area contributed by atoms with E-state index in [9.17, 15) is 19.5 Å². The van der Waals surface area contributed by atoms with Gasteiger partial charge in [0.1, 0.15) is 6.04 Å². The number of rotatable bonds is 11. The second-order valence-corrected chi connectivity index (χ2v) is 11.7. The molecule has 1 aromatic carbocycles. The minimum Gasteiger partial charge on any atom is -0.396 e. The summed E-state index contributed by atoms with van der Waals surface area (Å²) in [5.41, 5.74) is 0.774. The fraction of sp³-hybridized carbons (Fsp3) is 0.536. The number of hydrogen-bond acceptors (Lipinski definition) is 5. The number of aliphatic hydroxyl groups is 1. The van der Waals surface area contributed by atoms with Gasteiger partial charge in [-0.1, -0.05) is 30.4 Å². The third-order valence-electron chi connectivity index (χ3n) is 7.75. The van der Waals surface area contributed by atoms with Gasteiger partial charge in [0.25, 0.3) is 0 Å². The zero-order chi connectivity index (χ0) is 26.0. The van der Waals surface area contributed by atoms with Crippen molar-refractivity contribution in [2.24, 2.45) is 11.8 Å². The van der Waals surface area contributed by atoms with Gasteiger partial charge in [-0.05, 0) is 45.2 Å². The summed E-state index contributed by atoms with van der Waals surface area (Å²) in [5.74, 6) is -1.37. The highest BCUT2D eigenvalue weighted by atomic mass is 32.2. The van der Waals surface area contributed by atoms with Gasteiger partial charge < -0.3 is 19.8 Å². The number of carbonyl (C=O) groups is 3. The molecule has 0 aliphatic carbocycles. The summed E-state index contributed by atoms with van der Waals surface area (Å²) in [6, 6.07) is 8.77. The molecule has 3 fully saturated rings. The van der Waals surface area contributed by atoms with Crippen LogP contribution in [0.5, 0.6) is 0 Å². The molecule has 4 rings (SSSR count). The third-order valence-corrected chi connectivity index (χ3v) is 9.71. The van der Waals surface area contributed by atoms with Crippen molar-refractivity contribution in [3.8, 4) is 0 Å². The van der Waals surface area contributed by atoms with Crippen LogP contribution in [0.3, 0.4) is 0 Å². The van der Waals surface area contributed by atoms with Crippen molar-refractivity contribution in [3.05, 3.63) is 55.6 Å². The molecule has 0 radical (unpaired) electrons. The molecule has 5 atom stereocenters.